The monoisotopic (exact) mass is 370 g/mol. The Balaban J connectivity index is 1.65. The molecule has 0 radical (unpaired) electrons. The Morgan fingerprint density at radius 1 is 1.27 bits per heavy atom. The molecule has 1 fully saturated rings. The summed E-state index contributed by atoms with van der Waals surface area (Å²) in [5.74, 6) is 3.58. The number of amides is 1. The SMILES string of the molecule is Cc1noc(-c2ccnc(-n3ncc(C(=O)N4CCSCC4)c3C)c2)n1. The third-order valence-corrected chi connectivity index (χ3v) is 5.22. The van der Waals surface area contributed by atoms with Gasteiger partial charge in [-0.05, 0) is 26.0 Å². The van der Waals surface area contributed by atoms with Crippen molar-refractivity contribution in [1.82, 2.24) is 29.8 Å². The second-order valence-electron chi connectivity index (χ2n) is 6.01. The van der Waals surface area contributed by atoms with E-state index in [0.29, 0.717) is 23.1 Å². The molecular weight excluding hydrogens is 352 g/mol. The van der Waals surface area contributed by atoms with E-state index in [1.807, 2.05) is 29.7 Å². The number of carbonyl (C=O) groups excluding carboxylic acids is 1. The molecule has 3 aromatic rings. The van der Waals surface area contributed by atoms with Crippen molar-refractivity contribution >= 4 is 17.7 Å². The van der Waals surface area contributed by atoms with Crippen molar-refractivity contribution in [3.05, 3.63) is 41.6 Å². The molecule has 0 unspecified atom stereocenters. The number of carbonyl (C=O) groups is 1. The van der Waals surface area contributed by atoms with E-state index in [1.165, 1.54) is 0 Å². The average Bonchev–Trinajstić information content (AvgIpc) is 3.28. The van der Waals surface area contributed by atoms with Crippen molar-refractivity contribution in [2.75, 3.05) is 24.6 Å². The molecule has 0 aliphatic carbocycles. The normalized spacial score (nSPS) is 14.6. The number of pyridine rings is 1. The van der Waals surface area contributed by atoms with E-state index < -0.39 is 0 Å². The molecule has 0 bridgehead atoms. The van der Waals surface area contributed by atoms with Gasteiger partial charge in [-0.1, -0.05) is 5.16 Å². The number of thioether (sulfide) groups is 1. The highest BCUT2D eigenvalue weighted by Crippen LogP contribution is 2.21. The smallest absolute Gasteiger partial charge is 0.258 e. The summed E-state index contributed by atoms with van der Waals surface area (Å²) < 4.78 is 6.88. The zero-order chi connectivity index (χ0) is 18.1. The summed E-state index contributed by atoms with van der Waals surface area (Å²) in [5, 5.41) is 8.19. The lowest BCUT2D eigenvalue weighted by atomic mass is 10.2. The van der Waals surface area contributed by atoms with Gasteiger partial charge in [0.15, 0.2) is 11.6 Å². The first kappa shape index (κ1) is 16.8. The van der Waals surface area contributed by atoms with Crippen LogP contribution in [0, 0.1) is 13.8 Å². The first-order valence-corrected chi connectivity index (χ1v) is 9.48. The van der Waals surface area contributed by atoms with Gasteiger partial charge in [0.1, 0.15) is 0 Å². The van der Waals surface area contributed by atoms with Crippen LogP contribution in [-0.2, 0) is 0 Å². The molecule has 0 N–H and O–H groups in total. The molecule has 1 aliphatic heterocycles. The number of nitrogens with zero attached hydrogens (tertiary/aromatic N) is 6. The minimum Gasteiger partial charge on any atom is -0.337 e. The molecule has 134 valence electrons. The molecule has 8 nitrogen and oxygen atoms in total. The van der Waals surface area contributed by atoms with Crippen LogP contribution < -0.4 is 0 Å². The maximum Gasteiger partial charge on any atom is 0.258 e. The minimum absolute atomic E-state index is 0.0257. The van der Waals surface area contributed by atoms with E-state index >= 15 is 0 Å². The van der Waals surface area contributed by atoms with Crippen molar-refractivity contribution in [3.63, 3.8) is 0 Å². The number of hydrogen-bond acceptors (Lipinski definition) is 7. The Kier molecular flexibility index (Phi) is 4.46. The largest absolute Gasteiger partial charge is 0.337 e. The molecule has 0 saturated carbocycles. The van der Waals surface area contributed by atoms with Gasteiger partial charge >= 0.3 is 0 Å². The molecule has 0 spiro atoms. The van der Waals surface area contributed by atoms with Crippen molar-refractivity contribution < 1.29 is 9.32 Å². The Morgan fingerprint density at radius 2 is 2.08 bits per heavy atom. The number of aromatic nitrogens is 5. The van der Waals surface area contributed by atoms with Gasteiger partial charge in [-0.3, -0.25) is 4.79 Å². The van der Waals surface area contributed by atoms with Gasteiger partial charge in [-0.2, -0.15) is 21.8 Å². The standard InChI is InChI=1S/C17H18N6O2S/c1-11-14(17(24)22-5-7-26-8-6-22)10-19-23(11)15-9-13(3-4-18-15)16-20-12(2)21-25-16/h3-4,9-10H,5-8H2,1-2H3. The summed E-state index contributed by atoms with van der Waals surface area (Å²) in [7, 11) is 0. The predicted octanol–water partition coefficient (Wildman–Crippen LogP) is 2.12. The van der Waals surface area contributed by atoms with Crippen LogP contribution in [0.1, 0.15) is 21.9 Å². The van der Waals surface area contributed by atoms with Gasteiger partial charge in [0.25, 0.3) is 11.8 Å². The molecule has 4 rings (SSSR count). The molecule has 1 amide bonds. The highest BCUT2D eigenvalue weighted by molar-refractivity contribution is 7.99. The molecular formula is C17H18N6O2S. The quantitative estimate of drug-likeness (QED) is 0.697. The fraction of sp³-hybridized carbons (Fsp3) is 0.353. The Bertz CT molecular complexity index is 944. The maximum absolute atomic E-state index is 12.8. The second-order valence-corrected chi connectivity index (χ2v) is 7.23. The summed E-state index contributed by atoms with van der Waals surface area (Å²) >= 11 is 1.87. The maximum atomic E-state index is 12.8. The zero-order valence-corrected chi connectivity index (χ0v) is 15.4. The summed E-state index contributed by atoms with van der Waals surface area (Å²) in [6.45, 7) is 5.20. The van der Waals surface area contributed by atoms with Crippen molar-refractivity contribution in [1.29, 1.82) is 0 Å². The first-order chi connectivity index (χ1) is 12.6. The lowest BCUT2D eigenvalue weighted by molar-refractivity contribution is 0.0771. The molecule has 26 heavy (non-hydrogen) atoms. The van der Waals surface area contributed by atoms with E-state index in [2.05, 4.69) is 20.2 Å². The van der Waals surface area contributed by atoms with Crippen molar-refractivity contribution in [2.24, 2.45) is 0 Å². The molecule has 4 heterocycles. The van der Waals surface area contributed by atoms with Crippen molar-refractivity contribution in [2.45, 2.75) is 13.8 Å². The number of aryl methyl sites for hydroxylation is 1. The van der Waals surface area contributed by atoms with Gasteiger partial charge in [0, 0.05) is 36.4 Å². The third kappa shape index (κ3) is 3.10. The summed E-state index contributed by atoms with van der Waals surface area (Å²) in [4.78, 5) is 23.3. The Hall–Kier alpha value is -2.68. The molecule has 0 aromatic carbocycles. The predicted molar refractivity (Wildman–Crippen MR) is 97.4 cm³/mol. The van der Waals surface area contributed by atoms with Crippen molar-refractivity contribution in [3.8, 4) is 17.3 Å². The van der Waals surface area contributed by atoms with Crippen LogP contribution in [0.15, 0.2) is 29.0 Å². The van der Waals surface area contributed by atoms with Crippen LogP contribution in [0.25, 0.3) is 17.3 Å². The number of hydrogen-bond donors (Lipinski definition) is 0. The zero-order valence-electron chi connectivity index (χ0n) is 14.5. The van der Waals surface area contributed by atoms with Crippen LogP contribution in [0.4, 0.5) is 0 Å². The van der Waals surface area contributed by atoms with E-state index in [1.54, 1.807) is 30.1 Å². The van der Waals surface area contributed by atoms with Crippen LogP contribution >= 0.6 is 11.8 Å². The van der Waals surface area contributed by atoms with Gasteiger partial charge in [0.05, 0.1) is 17.5 Å². The molecule has 9 heteroatoms. The van der Waals surface area contributed by atoms with Gasteiger partial charge in [0.2, 0.25) is 0 Å². The van der Waals surface area contributed by atoms with Crippen LogP contribution in [0.2, 0.25) is 0 Å². The fourth-order valence-corrected chi connectivity index (χ4v) is 3.77. The summed E-state index contributed by atoms with van der Waals surface area (Å²) in [6, 6.07) is 3.62. The number of rotatable bonds is 3. The highest BCUT2D eigenvalue weighted by atomic mass is 32.2. The third-order valence-electron chi connectivity index (χ3n) is 4.28. The van der Waals surface area contributed by atoms with E-state index in [9.17, 15) is 4.79 Å². The van der Waals surface area contributed by atoms with Gasteiger partial charge in [-0.15, -0.1) is 0 Å². The Labute approximate surface area is 154 Å². The second kappa shape index (κ2) is 6.91. The topological polar surface area (TPSA) is 89.9 Å². The van der Waals surface area contributed by atoms with Gasteiger partial charge in [-0.25, -0.2) is 9.67 Å². The Morgan fingerprint density at radius 3 is 2.81 bits per heavy atom. The van der Waals surface area contributed by atoms with Gasteiger partial charge < -0.3 is 9.42 Å². The summed E-state index contributed by atoms with van der Waals surface area (Å²) in [6.07, 6.45) is 3.28. The fourth-order valence-electron chi connectivity index (χ4n) is 2.87. The molecule has 1 saturated heterocycles. The van der Waals surface area contributed by atoms with Crippen LogP contribution in [-0.4, -0.2) is 60.3 Å². The van der Waals surface area contributed by atoms with Crippen LogP contribution in [0.5, 0.6) is 0 Å². The van der Waals surface area contributed by atoms with Crippen LogP contribution in [0.3, 0.4) is 0 Å². The first-order valence-electron chi connectivity index (χ1n) is 8.32. The van der Waals surface area contributed by atoms with E-state index in [4.69, 9.17) is 4.52 Å². The lowest BCUT2D eigenvalue weighted by Gasteiger charge is -2.26. The summed E-state index contributed by atoms with van der Waals surface area (Å²) in [5.41, 5.74) is 2.13. The highest BCUT2D eigenvalue weighted by Gasteiger charge is 2.23. The van der Waals surface area contributed by atoms with E-state index in [0.717, 1.165) is 35.9 Å². The molecule has 3 aromatic heterocycles. The van der Waals surface area contributed by atoms with E-state index in [-0.39, 0.29) is 5.91 Å². The molecule has 0 atom stereocenters. The average molecular weight is 370 g/mol. The molecule has 1 aliphatic rings. The lowest BCUT2D eigenvalue weighted by Crippen LogP contribution is -2.38. The minimum atomic E-state index is 0.0257.